The van der Waals surface area contributed by atoms with Crippen LogP contribution in [0.15, 0.2) is 17.1 Å². The number of hydrogen-bond donors (Lipinski definition) is 1. The average molecular weight is 417 g/mol. The number of aromatic nitrogens is 4. The standard InChI is InChI=1S/C19H20FN5O3S/c20-14-8-12-15(26)13(18(27)28)9-23(11-4-5-11)17(12)25-16(14)21-24(19(25)29)10-22-6-2-1-3-7-22/h8-9,11H,1-7,10H2,(H,27,28). The van der Waals surface area contributed by atoms with E-state index >= 15 is 0 Å². The maximum Gasteiger partial charge on any atom is 0.341 e. The van der Waals surface area contributed by atoms with E-state index in [1.807, 2.05) is 0 Å². The van der Waals surface area contributed by atoms with Gasteiger partial charge >= 0.3 is 5.97 Å². The zero-order valence-corrected chi connectivity index (χ0v) is 16.5. The molecule has 0 spiro atoms. The number of carbonyl (C=O) groups is 1. The van der Waals surface area contributed by atoms with Gasteiger partial charge in [-0.25, -0.2) is 18.3 Å². The predicted molar refractivity (Wildman–Crippen MR) is 106 cm³/mol. The fourth-order valence-corrected chi connectivity index (χ4v) is 4.39. The first-order chi connectivity index (χ1) is 14.0. The number of carboxylic acid groups (broad SMARTS) is 1. The van der Waals surface area contributed by atoms with E-state index in [9.17, 15) is 19.1 Å². The summed E-state index contributed by atoms with van der Waals surface area (Å²) in [5, 5.41) is 13.8. The molecule has 1 aliphatic carbocycles. The highest BCUT2D eigenvalue weighted by Crippen LogP contribution is 2.37. The topological polar surface area (TPSA) is 84.8 Å². The molecule has 10 heteroatoms. The molecule has 0 bridgehead atoms. The second-order valence-corrected chi connectivity index (χ2v) is 8.17. The van der Waals surface area contributed by atoms with Gasteiger partial charge in [0.05, 0.1) is 12.1 Å². The molecular weight excluding hydrogens is 397 g/mol. The lowest BCUT2D eigenvalue weighted by Gasteiger charge is -2.25. The molecule has 0 unspecified atom stereocenters. The van der Waals surface area contributed by atoms with Gasteiger partial charge in [-0.2, -0.15) is 0 Å². The van der Waals surface area contributed by atoms with Crippen molar-refractivity contribution in [2.45, 2.75) is 44.8 Å². The third-order valence-corrected chi connectivity index (χ3v) is 6.13. The van der Waals surface area contributed by atoms with E-state index in [0.29, 0.717) is 17.1 Å². The van der Waals surface area contributed by atoms with Crippen LogP contribution in [0.3, 0.4) is 0 Å². The van der Waals surface area contributed by atoms with Gasteiger partial charge in [0.1, 0.15) is 11.2 Å². The average Bonchev–Trinajstić information content (AvgIpc) is 3.49. The predicted octanol–water partition coefficient (Wildman–Crippen LogP) is 2.80. The number of rotatable bonds is 4. The Morgan fingerprint density at radius 3 is 2.66 bits per heavy atom. The molecule has 0 amide bonds. The van der Waals surface area contributed by atoms with E-state index in [-0.39, 0.29) is 22.6 Å². The quantitative estimate of drug-likeness (QED) is 0.657. The van der Waals surface area contributed by atoms with Crippen molar-refractivity contribution in [3.8, 4) is 0 Å². The van der Waals surface area contributed by atoms with E-state index in [2.05, 4.69) is 10.00 Å². The molecule has 2 aliphatic rings. The summed E-state index contributed by atoms with van der Waals surface area (Å²) in [6.45, 7) is 2.34. The lowest BCUT2D eigenvalue weighted by molar-refractivity contribution is 0.0695. The third-order valence-electron chi connectivity index (χ3n) is 5.73. The number of likely N-dealkylation sites (tertiary alicyclic amines) is 1. The number of piperidine rings is 1. The van der Waals surface area contributed by atoms with Crippen LogP contribution in [-0.2, 0) is 6.67 Å². The molecule has 1 saturated carbocycles. The van der Waals surface area contributed by atoms with Gasteiger partial charge < -0.3 is 9.67 Å². The molecule has 0 radical (unpaired) electrons. The highest BCUT2D eigenvalue weighted by molar-refractivity contribution is 7.71. The van der Waals surface area contributed by atoms with E-state index in [0.717, 1.165) is 44.8 Å². The Hall–Kier alpha value is -2.59. The number of fused-ring (bicyclic) bond motifs is 3. The van der Waals surface area contributed by atoms with Crippen molar-refractivity contribution < 1.29 is 14.3 Å². The van der Waals surface area contributed by atoms with Gasteiger partial charge in [-0.3, -0.25) is 9.69 Å². The number of nitrogens with zero attached hydrogens (tertiary/aromatic N) is 5. The van der Waals surface area contributed by atoms with Crippen LogP contribution in [0.25, 0.3) is 16.7 Å². The van der Waals surface area contributed by atoms with Crippen LogP contribution in [0.2, 0.25) is 0 Å². The number of pyridine rings is 2. The number of halogens is 1. The molecule has 1 aliphatic heterocycles. The Balaban J connectivity index is 1.79. The zero-order valence-electron chi connectivity index (χ0n) is 15.7. The monoisotopic (exact) mass is 417 g/mol. The summed E-state index contributed by atoms with van der Waals surface area (Å²) >= 11 is 5.62. The zero-order chi connectivity index (χ0) is 20.3. The molecule has 0 aromatic carbocycles. The first-order valence-corrected chi connectivity index (χ1v) is 10.2. The summed E-state index contributed by atoms with van der Waals surface area (Å²) < 4.78 is 20.0. The third kappa shape index (κ3) is 2.98. The Labute approximate surface area is 169 Å². The minimum Gasteiger partial charge on any atom is -0.477 e. The second-order valence-electron chi connectivity index (χ2n) is 7.81. The fraction of sp³-hybridized carbons (Fsp3) is 0.474. The summed E-state index contributed by atoms with van der Waals surface area (Å²) in [6, 6.07) is 1.16. The largest absolute Gasteiger partial charge is 0.477 e. The van der Waals surface area contributed by atoms with Crippen molar-refractivity contribution in [2.75, 3.05) is 13.1 Å². The first-order valence-electron chi connectivity index (χ1n) is 9.78. The van der Waals surface area contributed by atoms with Gasteiger partial charge in [-0.05, 0) is 57.1 Å². The summed E-state index contributed by atoms with van der Waals surface area (Å²) in [6.07, 6.45) is 6.50. The van der Waals surface area contributed by atoms with Crippen LogP contribution >= 0.6 is 12.2 Å². The smallest absolute Gasteiger partial charge is 0.341 e. The van der Waals surface area contributed by atoms with Crippen LogP contribution < -0.4 is 5.43 Å². The maximum atomic E-state index is 14.9. The van der Waals surface area contributed by atoms with Gasteiger partial charge in [-0.1, -0.05) is 6.42 Å². The van der Waals surface area contributed by atoms with Gasteiger partial charge in [0.15, 0.2) is 11.5 Å². The van der Waals surface area contributed by atoms with E-state index in [4.69, 9.17) is 12.2 Å². The SMILES string of the molecule is O=C(O)c1cn(C2CC2)c2c(cc(F)c3nn(CN4CCCCC4)c(=S)n32)c1=O. The molecule has 1 saturated heterocycles. The number of hydrogen-bond acceptors (Lipinski definition) is 5. The molecule has 0 atom stereocenters. The molecule has 2 fully saturated rings. The molecule has 1 N–H and O–H groups in total. The summed E-state index contributed by atoms with van der Waals surface area (Å²) in [5.74, 6) is -2.01. The van der Waals surface area contributed by atoms with Crippen molar-refractivity contribution in [1.82, 2.24) is 23.6 Å². The van der Waals surface area contributed by atoms with Crippen LogP contribution in [0.1, 0.15) is 48.5 Å². The van der Waals surface area contributed by atoms with Crippen LogP contribution in [0.4, 0.5) is 4.39 Å². The summed E-state index contributed by atoms with van der Waals surface area (Å²) in [4.78, 5) is 26.5. The summed E-state index contributed by atoms with van der Waals surface area (Å²) in [5.41, 5.74) is -0.614. The van der Waals surface area contributed by atoms with Crippen molar-refractivity contribution in [3.63, 3.8) is 0 Å². The van der Waals surface area contributed by atoms with Crippen molar-refractivity contribution in [2.24, 2.45) is 0 Å². The fourth-order valence-electron chi connectivity index (χ4n) is 4.12. The minimum absolute atomic E-state index is 0.00965. The molecule has 5 rings (SSSR count). The van der Waals surface area contributed by atoms with Crippen LogP contribution in [0, 0.1) is 10.6 Å². The second kappa shape index (κ2) is 6.74. The highest BCUT2D eigenvalue weighted by atomic mass is 32.1. The lowest BCUT2D eigenvalue weighted by Crippen LogP contribution is -2.32. The van der Waals surface area contributed by atoms with Crippen LogP contribution in [0.5, 0.6) is 0 Å². The molecular formula is C19H20FN5O3S. The lowest BCUT2D eigenvalue weighted by atomic mass is 10.1. The van der Waals surface area contributed by atoms with Gasteiger partial charge in [0.25, 0.3) is 0 Å². The number of carboxylic acids is 1. The normalized spacial score (nSPS) is 18.0. The number of aromatic carboxylic acids is 1. The molecule has 3 aromatic rings. The Bertz CT molecular complexity index is 1270. The Morgan fingerprint density at radius 2 is 2.00 bits per heavy atom. The van der Waals surface area contributed by atoms with Gasteiger partial charge in [0.2, 0.25) is 10.2 Å². The van der Waals surface area contributed by atoms with Gasteiger partial charge in [-0.15, -0.1) is 5.10 Å². The van der Waals surface area contributed by atoms with Crippen molar-refractivity contribution in [3.05, 3.63) is 38.6 Å². The molecule has 8 nitrogen and oxygen atoms in total. The van der Waals surface area contributed by atoms with Crippen molar-refractivity contribution >= 4 is 34.9 Å². The van der Waals surface area contributed by atoms with E-state index < -0.39 is 17.2 Å². The molecule has 152 valence electrons. The van der Waals surface area contributed by atoms with E-state index in [1.165, 1.54) is 17.0 Å². The molecule has 29 heavy (non-hydrogen) atoms. The molecule has 4 heterocycles. The van der Waals surface area contributed by atoms with Gasteiger partial charge in [0, 0.05) is 12.2 Å². The highest BCUT2D eigenvalue weighted by Gasteiger charge is 2.29. The van der Waals surface area contributed by atoms with Crippen molar-refractivity contribution in [1.29, 1.82) is 0 Å². The molecule has 3 aromatic heterocycles. The minimum atomic E-state index is -1.32. The Morgan fingerprint density at radius 1 is 1.28 bits per heavy atom. The van der Waals surface area contributed by atoms with E-state index in [1.54, 1.807) is 9.25 Å². The first kappa shape index (κ1) is 18.4. The Kier molecular flexibility index (Phi) is 4.28. The van der Waals surface area contributed by atoms with Crippen LogP contribution in [-0.4, -0.2) is 47.8 Å². The summed E-state index contributed by atoms with van der Waals surface area (Å²) in [7, 11) is 0. The maximum absolute atomic E-state index is 14.9.